The monoisotopic (exact) mass is 416 g/mol. The maximum Gasteiger partial charge on any atom is 0.144 e. The number of phenolic OH excluding ortho intramolecular Hbond substituents is 1. The van der Waals surface area contributed by atoms with Gasteiger partial charge in [-0.1, -0.05) is 36.4 Å². The number of aliphatic imine (C=N–C) groups is 1. The Morgan fingerprint density at radius 3 is 2.03 bits per heavy atom. The fraction of sp³-hybridized carbons (Fsp3) is 0.200. The van der Waals surface area contributed by atoms with E-state index in [9.17, 15) is 10.2 Å². The summed E-state index contributed by atoms with van der Waals surface area (Å²) in [5.74, 6) is 1.01. The molecule has 0 heterocycles. The number of benzene rings is 3. The van der Waals surface area contributed by atoms with Gasteiger partial charge >= 0.3 is 0 Å². The predicted molar refractivity (Wildman–Crippen MR) is 119 cm³/mol. The largest absolute Gasteiger partial charge is 0.507 e. The SMILES string of the molecule is COc1ccccc1C(O)(c1ccccc1OC)[C@@H](C)N=Cc1cc(C#N)ccc1O. The van der Waals surface area contributed by atoms with E-state index in [-0.39, 0.29) is 5.75 Å². The van der Waals surface area contributed by atoms with Crippen LogP contribution in [0.25, 0.3) is 0 Å². The molecule has 0 saturated heterocycles. The second-order valence-electron chi connectivity index (χ2n) is 7.01. The number of hydrogen-bond donors (Lipinski definition) is 2. The van der Waals surface area contributed by atoms with Crippen LogP contribution in [0.3, 0.4) is 0 Å². The topological polar surface area (TPSA) is 95.1 Å². The molecule has 3 aromatic rings. The Labute approximate surface area is 181 Å². The Bertz CT molecular complexity index is 1090. The van der Waals surface area contributed by atoms with Crippen LogP contribution in [-0.2, 0) is 5.60 Å². The number of phenols is 1. The molecular formula is C25H24N2O4. The van der Waals surface area contributed by atoms with Crippen molar-refractivity contribution in [3.63, 3.8) is 0 Å². The first-order chi connectivity index (χ1) is 14.9. The van der Waals surface area contributed by atoms with Crippen LogP contribution in [0.15, 0.2) is 71.7 Å². The standard InChI is InChI=1S/C25H24N2O4/c1-17(27-16-19-14-18(15-26)12-13-22(19)28)25(29,20-8-4-6-10-23(20)30-2)21-9-5-7-11-24(21)31-3/h4-14,16-17,28-29H,1-3H3/t17-/m1/s1. The van der Waals surface area contributed by atoms with E-state index in [1.807, 2.05) is 30.3 Å². The summed E-state index contributed by atoms with van der Waals surface area (Å²) < 4.78 is 11.0. The molecule has 0 aliphatic carbocycles. The number of nitrogens with zero attached hydrogens (tertiary/aromatic N) is 2. The third-order valence-electron chi connectivity index (χ3n) is 5.23. The van der Waals surface area contributed by atoms with E-state index in [1.54, 1.807) is 45.4 Å². The molecule has 0 aliphatic rings. The van der Waals surface area contributed by atoms with E-state index in [0.717, 1.165) is 0 Å². The molecule has 158 valence electrons. The molecule has 0 amide bonds. The summed E-state index contributed by atoms with van der Waals surface area (Å²) in [6.07, 6.45) is 1.46. The van der Waals surface area contributed by atoms with Gasteiger partial charge in [0.1, 0.15) is 22.8 Å². The van der Waals surface area contributed by atoms with Crippen molar-refractivity contribution in [2.45, 2.75) is 18.6 Å². The van der Waals surface area contributed by atoms with E-state index >= 15 is 0 Å². The first-order valence-corrected chi connectivity index (χ1v) is 9.71. The number of para-hydroxylation sites is 2. The second-order valence-corrected chi connectivity index (χ2v) is 7.01. The number of nitriles is 1. The molecule has 0 spiro atoms. The number of rotatable bonds is 7. The van der Waals surface area contributed by atoms with Crippen LogP contribution < -0.4 is 9.47 Å². The molecule has 1 atom stereocenters. The first-order valence-electron chi connectivity index (χ1n) is 9.71. The minimum absolute atomic E-state index is 0.00641. The smallest absolute Gasteiger partial charge is 0.144 e. The van der Waals surface area contributed by atoms with Gasteiger partial charge in [0.05, 0.1) is 31.9 Å². The lowest BCUT2D eigenvalue weighted by atomic mass is 9.80. The average Bonchev–Trinajstić information content (AvgIpc) is 2.82. The number of aliphatic hydroxyl groups is 1. The maximum absolute atomic E-state index is 12.1. The third kappa shape index (κ3) is 4.23. The average molecular weight is 416 g/mol. The second kappa shape index (κ2) is 9.33. The molecule has 0 unspecified atom stereocenters. The van der Waals surface area contributed by atoms with Crippen molar-refractivity contribution in [2.75, 3.05) is 14.2 Å². The number of aromatic hydroxyl groups is 1. The van der Waals surface area contributed by atoms with Crippen molar-refractivity contribution in [2.24, 2.45) is 4.99 Å². The molecule has 0 aliphatic heterocycles. The van der Waals surface area contributed by atoms with Crippen LogP contribution in [0.1, 0.15) is 29.2 Å². The molecule has 6 nitrogen and oxygen atoms in total. The van der Waals surface area contributed by atoms with Gasteiger partial charge in [0, 0.05) is 22.9 Å². The molecule has 2 N–H and O–H groups in total. The van der Waals surface area contributed by atoms with E-state index in [1.165, 1.54) is 24.4 Å². The number of methoxy groups -OCH3 is 2. The minimum atomic E-state index is -1.60. The Hall–Kier alpha value is -3.82. The lowest BCUT2D eigenvalue weighted by Crippen LogP contribution is -2.38. The van der Waals surface area contributed by atoms with Crippen LogP contribution in [0.2, 0.25) is 0 Å². The molecule has 6 heteroatoms. The van der Waals surface area contributed by atoms with Crippen molar-refractivity contribution in [1.29, 1.82) is 5.26 Å². The summed E-state index contributed by atoms with van der Waals surface area (Å²) in [6, 6.07) is 20.2. The quantitative estimate of drug-likeness (QED) is 0.567. The molecular weight excluding hydrogens is 392 g/mol. The van der Waals surface area contributed by atoms with Gasteiger partial charge in [-0.25, -0.2) is 0 Å². The van der Waals surface area contributed by atoms with E-state index in [4.69, 9.17) is 14.7 Å². The van der Waals surface area contributed by atoms with E-state index in [0.29, 0.717) is 33.8 Å². The molecule has 3 aromatic carbocycles. The number of hydrogen-bond acceptors (Lipinski definition) is 6. The summed E-state index contributed by atoms with van der Waals surface area (Å²) in [6.45, 7) is 1.76. The molecule has 0 bridgehead atoms. The summed E-state index contributed by atoms with van der Waals surface area (Å²) in [4.78, 5) is 4.55. The van der Waals surface area contributed by atoms with Crippen molar-refractivity contribution in [3.8, 4) is 23.3 Å². The fourth-order valence-electron chi connectivity index (χ4n) is 3.54. The Morgan fingerprint density at radius 2 is 1.52 bits per heavy atom. The van der Waals surface area contributed by atoms with Crippen LogP contribution in [0.4, 0.5) is 0 Å². The lowest BCUT2D eigenvalue weighted by molar-refractivity contribution is 0.0538. The Morgan fingerprint density at radius 1 is 0.968 bits per heavy atom. The van der Waals surface area contributed by atoms with Gasteiger partial charge in [-0.2, -0.15) is 5.26 Å². The highest BCUT2D eigenvalue weighted by molar-refractivity contribution is 5.84. The zero-order chi connectivity index (χ0) is 22.4. The maximum atomic E-state index is 12.1. The zero-order valence-electron chi connectivity index (χ0n) is 17.6. The van der Waals surface area contributed by atoms with Gasteiger partial charge in [0.25, 0.3) is 0 Å². The van der Waals surface area contributed by atoms with Crippen molar-refractivity contribution >= 4 is 6.21 Å². The normalized spacial score (nSPS) is 12.4. The van der Waals surface area contributed by atoms with Gasteiger partial charge in [-0.05, 0) is 37.3 Å². The molecule has 0 saturated carbocycles. The van der Waals surface area contributed by atoms with Crippen LogP contribution in [-0.4, -0.2) is 36.7 Å². The van der Waals surface area contributed by atoms with E-state index in [2.05, 4.69) is 4.99 Å². The van der Waals surface area contributed by atoms with Gasteiger partial charge in [0.2, 0.25) is 0 Å². The van der Waals surface area contributed by atoms with Gasteiger partial charge in [0.15, 0.2) is 0 Å². The first kappa shape index (κ1) is 21.9. The third-order valence-corrected chi connectivity index (χ3v) is 5.23. The minimum Gasteiger partial charge on any atom is -0.507 e. The Balaban J connectivity index is 2.16. The molecule has 0 aromatic heterocycles. The predicted octanol–water partition coefficient (Wildman–Crippen LogP) is 4.02. The molecule has 0 fully saturated rings. The lowest BCUT2D eigenvalue weighted by Gasteiger charge is -2.35. The summed E-state index contributed by atoms with van der Waals surface area (Å²) in [7, 11) is 3.08. The fourth-order valence-corrected chi connectivity index (χ4v) is 3.54. The number of ether oxygens (including phenoxy) is 2. The highest BCUT2D eigenvalue weighted by Crippen LogP contribution is 2.43. The summed E-state index contributed by atoms with van der Waals surface area (Å²) >= 11 is 0. The highest BCUT2D eigenvalue weighted by Gasteiger charge is 2.42. The van der Waals surface area contributed by atoms with Crippen LogP contribution in [0.5, 0.6) is 17.2 Å². The zero-order valence-corrected chi connectivity index (χ0v) is 17.6. The molecule has 31 heavy (non-hydrogen) atoms. The Kier molecular flexibility index (Phi) is 6.58. The van der Waals surface area contributed by atoms with Crippen molar-refractivity contribution in [1.82, 2.24) is 0 Å². The van der Waals surface area contributed by atoms with Crippen molar-refractivity contribution < 1.29 is 19.7 Å². The molecule has 0 radical (unpaired) electrons. The molecule has 3 rings (SSSR count). The van der Waals surface area contributed by atoms with Crippen LogP contribution in [0, 0.1) is 11.3 Å². The van der Waals surface area contributed by atoms with Crippen LogP contribution >= 0.6 is 0 Å². The van der Waals surface area contributed by atoms with E-state index < -0.39 is 11.6 Å². The van der Waals surface area contributed by atoms with Crippen molar-refractivity contribution in [3.05, 3.63) is 89.0 Å². The van der Waals surface area contributed by atoms with Gasteiger partial charge in [-0.3, -0.25) is 4.99 Å². The highest BCUT2D eigenvalue weighted by atomic mass is 16.5. The summed E-state index contributed by atoms with van der Waals surface area (Å²) in [5, 5.41) is 31.4. The van der Waals surface area contributed by atoms with Gasteiger partial charge in [-0.15, -0.1) is 0 Å². The summed E-state index contributed by atoms with van der Waals surface area (Å²) in [5.41, 5.74) is 0.242. The van der Waals surface area contributed by atoms with Gasteiger partial charge < -0.3 is 19.7 Å².